The van der Waals surface area contributed by atoms with Crippen molar-refractivity contribution in [2.75, 3.05) is 30.8 Å². The van der Waals surface area contributed by atoms with E-state index in [1.807, 2.05) is 0 Å². The molecule has 1 aromatic carbocycles. The molecule has 3 aromatic heterocycles. The molecule has 0 bridgehead atoms. The average Bonchev–Trinajstić information content (AvgIpc) is 3.36. The van der Waals surface area contributed by atoms with Gasteiger partial charge in [0.15, 0.2) is 11.5 Å². The Morgan fingerprint density at radius 2 is 1.93 bits per heavy atom. The van der Waals surface area contributed by atoms with Gasteiger partial charge >= 0.3 is 0 Å². The van der Waals surface area contributed by atoms with Gasteiger partial charge in [-0.05, 0) is 42.7 Å². The van der Waals surface area contributed by atoms with Gasteiger partial charge < -0.3 is 30.8 Å². The molecule has 4 aromatic rings. The number of aliphatic hydroxyl groups excluding tert-OH is 1. The third-order valence-corrected chi connectivity index (χ3v) is 7.23. The van der Waals surface area contributed by atoms with Gasteiger partial charge in [0.1, 0.15) is 23.7 Å². The first-order chi connectivity index (χ1) is 19.1. The Morgan fingerprint density at radius 1 is 1.12 bits per heavy atom. The van der Waals surface area contributed by atoms with Crippen molar-refractivity contribution in [3.05, 3.63) is 54.2 Å². The monoisotopic (exact) mass is 560 g/mol. The molecular weight excluding hydrogens is 532 g/mol. The van der Waals surface area contributed by atoms with E-state index in [-0.39, 0.29) is 47.9 Å². The zero-order chi connectivity index (χ0) is 28.6. The number of imidazole rings is 1. The highest BCUT2D eigenvalue weighted by molar-refractivity contribution is 5.81. The van der Waals surface area contributed by atoms with E-state index in [2.05, 4.69) is 19.9 Å². The van der Waals surface area contributed by atoms with Crippen LogP contribution in [0.4, 0.5) is 29.1 Å². The smallest absolute Gasteiger partial charge is 0.265 e. The fraction of sp³-hybridized carbons (Fsp3) is 0.385. The summed E-state index contributed by atoms with van der Waals surface area (Å²) in [5.41, 5.74) is 12.9. The fourth-order valence-corrected chi connectivity index (χ4v) is 5.14. The molecule has 5 N–H and O–H groups in total. The molecule has 1 fully saturated rings. The summed E-state index contributed by atoms with van der Waals surface area (Å²) >= 11 is 0. The Labute approximate surface area is 226 Å². The van der Waals surface area contributed by atoms with Crippen LogP contribution in [0.25, 0.3) is 22.4 Å². The molecule has 2 unspecified atom stereocenters. The van der Waals surface area contributed by atoms with E-state index in [0.717, 1.165) is 0 Å². The van der Waals surface area contributed by atoms with Gasteiger partial charge in [-0.25, -0.2) is 32.5 Å². The van der Waals surface area contributed by atoms with Crippen molar-refractivity contribution in [1.82, 2.24) is 24.5 Å². The number of fused-ring (bicyclic) bond motifs is 1. The molecule has 14 heteroatoms. The first-order valence-electron chi connectivity index (χ1n) is 12.5. The van der Waals surface area contributed by atoms with E-state index in [4.69, 9.17) is 16.2 Å². The van der Waals surface area contributed by atoms with Crippen molar-refractivity contribution >= 4 is 22.7 Å². The van der Waals surface area contributed by atoms with Crippen molar-refractivity contribution < 1.29 is 27.4 Å². The van der Waals surface area contributed by atoms with Gasteiger partial charge in [0, 0.05) is 24.2 Å². The Hall–Kier alpha value is -4.04. The molecule has 4 heterocycles. The predicted molar refractivity (Wildman–Crippen MR) is 140 cm³/mol. The van der Waals surface area contributed by atoms with Gasteiger partial charge in [-0.2, -0.15) is 0 Å². The van der Waals surface area contributed by atoms with Crippen LogP contribution in [0.5, 0.6) is 5.75 Å². The lowest BCUT2D eigenvalue weighted by Gasteiger charge is -2.44. The highest BCUT2D eigenvalue weighted by Crippen LogP contribution is 2.37. The third kappa shape index (κ3) is 5.11. The molecule has 1 aliphatic rings. The average molecular weight is 561 g/mol. The van der Waals surface area contributed by atoms with Crippen LogP contribution >= 0.6 is 0 Å². The summed E-state index contributed by atoms with van der Waals surface area (Å²) in [6.45, 7) is 0.578. The SMILES string of the molecule is COc1ccc(-c2cc(Cn3cnc4c(N)ncnc43)c(N3CCCC(N)(C(O)C(F)F)C3)cn2)c(C(F)F)c1. The van der Waals surface area contributed by atoms with Gasteiger partial charge in [0.2, 0.25) is 0 Å². The third-order valence-electron chi connectivity index (χ3n) is 7.23. The highest BCUT2D eigenvalue weighted by atomic mass is 19.3. The number of aliphatic hydroxyl groups is 1. The molecular formula is C26H28F4N8O2. The van der Waals surface area contributed by atoms with E-state index in [0.29, 0.717) is 35.4 Å². The number of benzene rings is 1. The largest absolute Gasteiger partial charge is 0.497 e. The standard InChI is InChI=1S/C26H28F4N8O2/c1-40-15-3-4-16(17(8-15)22(27)28)18-7-14(10-38-13-36-20-24(31)34-12-35-25(20)38)19(9-33-18)37-6-2-5-26(32,11-37)21(39)23(29)30/h3-4,7-9,12-13,21-23,39H,2,5-6,10-11,32H2,1H3,(H2,31,34,35). The summed E-state index contributed by atoms with van der Waals surface area (Å²) in [5.74, 6) is 0.479. The highest BCUT2D eigenvalue weighted by Gasteiger charge is 2.43. The lowest BCUT2D eigenvalue weighted by atomic mass is 9.84. The summed E-state index contributed by atoms with van der Waals surface area (Å²) in [6, 6.07) is 6.00. The van der Waals surface area contributed by atoms with Crippen LogP contribution in [-0.2, 0) is 6.54 Å². The quantitative estimate of drug-likeness (QED) is 0.277. The number of pyridine rings is 1. The zero-order valence-electron chi connectivity index (χ0n) is 21.5. The number of aromatic nitrogens is 5. The van der Waals surface area contributed by atoms with Crippen LogP contribution < -0.4 is 21.1 Å². The minimum absolute atomic E-state index is 0.0584. The number of hydrogen-bond donors (Lipinski definition) is 3. The second kappa shape index (κ2) is 10.8. The number of hydrogen-bond acceptors (Lipinski definition) is 9. The van der Waals surface area contributed by atoms with Crippen molar-refractivity contribution in [3.63, 3.8) is 0 Å². The molecule has 0 radical (unpaired) electrons. The van der Waals surface area contributed by atoms with Crippen LogP contribution in [0.15, 0.2) is 43.1 Å². The van der Waals surface area contributed by atoms with Crippen LogP contribution in [0.3, 0.4) is 0 Å². The van der Waals surface area contributed by atoms with Crippen LogP contribution in [0.1, 0.15) is 30.4 Å². The second-order valence-corrected chi connectivity index (χ2v) is 9.79. The summed E-state index contributed by atoms with van der Waals surface area (Å²) in [6.07, 6.45) is -2.81. The Morgan fingerprint density at radius 3 is 2.65 bits per heavy atom. The number of nitrogen functional groups attached to an aromatic ring is 1. The number of methoxy groups -OCH3 is 1. The van der Waals surface area contributed by atoms with E-state index in [1.54, 1.807) is 21.6 Å². The molecule has 2 atom stereocenters. The second-order valence-electron chi connectivity index (χ2n) is 9.79. The molecule has 0 amide bonds. The molecule has 1 aliphatic heterocycles. The summed E-state index contributed by atoms with van der Waals surface area (Å²) in [5, 5.41) is 10.2. The summed E-state index contributed by atoms with van der Waals surface area (Å²) in [7, 11) is 1.39. The Balaban J connectivity index is 1.61. The summed E-state index contributed by atoms with van der Waals surface area (Å²) in [4.78, 5) is 18.8. The Bertz CT molecular complexity index is 1520. The van der Waals surface area contributed by atoms with Crippen LogP contribution in [-0.4, -0.2) is 67.9 Å². The lowest BCUT2D eigenvalue weighted by Crippen LogP contribution is -2.63. The fourth-order valence-electron chi connectivity index (χ4n) is 5.14. The van der Waals surface area contributed by atoms with Crippen molar-refractivity contribution in [1.29, 1.82) is 0 Å². The molecule has 1 saturated heterocycles. The minimum atomic E-state index is -3.00. The van der Waals surface area contributed by atoms with Crippen molar-refractivity contribution in [2.45, 2.75) is 43.9 Å². The van der Waals surface area contributed by atoms with Crippen molar-refractivity contribution in [3.8, 4) is 17.0 Å². The first kappa shape index (κ1) is 27.5. The molecule has 212 valence electrons. The topological polar surface area (TPSA) is 141 Å². The number of piperidine rings is 1. The lowest BCUT2D eigenvalue weighted by molar-refractivity contribution is -0.0529. The van der Waals surface area contributed by atoms with Gasteiger partial charge in [-0.3, -0.25) is 4.98 Å². The van der Waals surface area contributed by atoms with E-state index in [9.17, 15) is 22.7 Å². The van der Waals surface area contributed by atoms with Crippen LogP contribution in [0, 0.1) is 0 Å². The molecule has 5 rings (SSSR count). The number of anilines is 2. The van der Waals surface area contributed by atoms with Gasteiger partial charge in [0.25, 0.3) is 12.9 Å². The van der Waals surface area contributed by atoms with Crippen molar-refractivity contribution in [2.24, 2.45) is 5.73 Å². The first-order valence-corrected chi connectivity index (χ1v) is 12.5. The number of nitrogens with zero attached hydrogens (tertiary/aromatic N) is 6. The van der Waals surface area contributed by atoms with E-state index < -0.39 is 24.5 Å². The maximum absolute atomic E-state index is 14.0. The van der Waals surface area contributed by atoms with Gasteiger partial charge in [-0.15, -0.1) is 0 Å². The van der Waals surface area contributed by atoms with Gasteiger partial charge in [0.05, 0.1) is 43.1 Å². The number of rotatable bonds is 8. The normalized spacial score (nSPS) is 18.6. The zero-order valence-corrected chi connectivity index (χ0v) is 21.5. The summed E-state index contributed by atoms with van der Waals surface area (Å²) < 4.78 is 61.7. The molecule has 0 aliphatic carbocycles. The number of nitrogens with two attached hydrogens (primary N) is 2. The van der Waals surface area contributed by atoms with Crippen LogP contribution in [0.2, 0.25) is 0 Å². The maximum atomic E-state index is 14.0. The van der Waals surface area contributed by atoms with E-state index >= 15 is 0 Å². The minimum Gasteiger partial charge on any atom is -0.497 e. The number of halogens is 4. The maximum Gasteiger partial charge on any atom is 0.265 e. The number of ether oxygens (including phenoxy) is 1. The molecule has 40 heavy (non-hydrogen) atoms. The predicted octanol–water partition coefficient (Wildman–Crippen LogP) is 3.39. The van der Waals surface area contributed by atoms with Gasteiger partial charge in [-0.1, -0.05) is 0 Å². The molecule has 0 saturated carbocycles. The Kier molecular flexibility index (Phi) is 7.47. The molecule has 0 spiro atoms. The molecule has 10 nitrogen and oxygen atoms in total. The van der Waals surface area contributed by atoms with E-state index in [1.165, 1.54) is 38.1 Å². The number of alkyl halides is 4.